The van der Waals surface area contributed by atoms with Crippen molar-refractivity contribution in [3.8, 4) is 5.75 Å². The molecule has 1 aliphatic heterocycles. The van der Waals surface area contributed by atoms with Gasteiger partial charge < -0.3 is 9.72 Å². The van der Waals surface area contributed by atoms with Crippen LogP contribution in [0.25, 0.3) is 10.9 Å². The average molecular weight is 417 g/mol. The maximum absolute atomic E-state index is 5.63. The molecule has 2 aliphatic rings. The second-order valence-electron chi connectivity index (χ2n) is 9.60. The summed E-state index contributed by atoms with van der Waals surface area (Å²) < 4.78 is 5.63. The van der Waals surface area contributed by atoms with Gasteiger partial charge >= 0.3 is 0 Å². The van der Waals surface area contributed by atoms with Crippen LogP contribution in [0.3, 0.4) is 0 Å². The highest BCUT2D eigenvalue weighted by atomic mass is 16.5. The fraction of sp³-hybridized carbons (Fsp3) is 0.500. The molecule has 1 N–H and O–H groups in total. The number of likely N-dealkylation sites (tertiary alicyclic amines) is 1. The number of benzene rings is 2. The van der Waals surface area contributed by atoms with Crippen LogP contribution < -0.4 is 4.74 Å². The summed E-state index contributed by atoms with van der Waals surface area (Å²) in [5.74, 6) is 0.966. The minimum absolute atomic E-state index is 0.0745. The van der Waals surface area contributed by atoms with Crippen LogP contribution in [0.5, 0.6) is 5.75 Å². The lowest BCUT2D eigenvalue weighted by molar-refractivity contribution is 0.0939. The van der Waals surface area contributed by atoms with E-state index >= 15 is 0 Å². The lowest BCUT2D eigenvalue weighted by Crippen LogP contribution is -2.53. The first-order valence-electron chi connectivity index (χ1n) is 12.2. The van der Waals surface area contributed by atoms with E-state index in [2.05, 4.69) is 65.3 Å². The fourth-order valence-corrected chi connectivity index (χ4v) is 6.25. The maximum Gasteiger partial charge on any atom is 0.119 e. The van der Waals surface area contributed by atoms with E-state index in [-0.39, 0.29) is 5.41 Å². The number of hydrogen-bond donors (Lipinski definition) is 1. The number of para-hydroxylation sites is 1. The summed E-state index contributed by atoms with van der Waals surface area (Å²) in [7, 11) is 1.78. The molecule has 0 radical (unpaired) electrons. The molecule has 1 aromatic heterocycles. The number of ether oxygens (including phenoxy) is 1. The predicted octanol–water partition coefficient (Wildman–Crippen LogP) is 6.45. The number of nitrogens with one attached hydrogen (secondary N) is 1. The van der Waals surface area contributed by atoms with Crippen LogP contribution in [0.15, 0.2) is 48.5 Å². The number of methoxy groups -OCH3 is 1. The number of piperidine rings is 1. The van der Waals surface area contributed by atoms with Crippen molar-refractivity contribution in [3.63, 3.8) is 0 Å². The minimum Gasteiger partial charge on any atom is -0.497 e. The van der Waals surface area contributed by atoms with Crippen molar-refractivity contribution in [3.05, 3.63) is 65.4 Å². The Morgan fingerprint density at radius 1 is 1.06 bits per heavy atom. The Labute approximate surface area is 186 Å². The van der Waals surface area contributed by atoms with E-state index in [1.165, 1.54) is 80.2 Å². The summed E-state index contributed by atoms with van der Waals surface area (Å²) in [5.41, 5.74) is 5.79. The molecular formula is C28H36N2O. The number of H-pyrrole nitrogens is 1. The highest BCUT2D eigenvalue weighted by molar-refractivity contribution is 5.87. The van der Waals surface area contributed by atoms with Gasteiger partial charge in [0.1, 0.15) is 5.75 Å². The van der Waals surface area contributed by atoms with Crippen molar-refractivity contribution >= 4 is 10.9 Å². The molecule has 3 nitrogen and oxygen atoms in total. The second kappa shape index (κ2) is 8.70. The number of aromatic amines is 1. The molecule has 0 unspecified atom stereocenters. The monoisotopic (exact) mass is 416 g/mol. The molecule has 0 saturated carbocycles. The molecular weight excluding hydrogens is 380 g/mol. The zero-order chi connectivity index (χ0) is 21.3. The van der Waals surface area contributed by atoms with Gasteiger partial charge in [-0.25, -0.2) is 0 Å². The van der Waals surface area contributed by atoms with Crippen molar-refractivity contribution in [2.75, 3.05) is 20.2 Å². The van der Waals surface area contributed by atoms with E-state index < -0.39 is 0 Å². The molecule has 0 spiro atoms. The standard InChI is InChI=1S/C28H36N2O/c1-3-4-5-6-9-16-30-17-15-28(21-11-10-12-23(18-21)31-2)20-22(30)19-26-27(28)24-13-7-8-14-25(24)29-26/h7-8,10-14,18,22,29H,3-6,9,15-17,19-20H2,1-2H3/t22-,28-/m1/s1. The van der Waals surface area contributed by atoms with Crippen molar-refractivity contribution in [1.82, 2.24) is 9.88 Å². The first kappa shape index (κ1) is 20.6. The first-order chi connectivity index (χ1) is 15.2. The number of fused-ring (bicyclic) bond motifs is 6. The van der Waals surface area contributed by atoms with Gasteiger partial charge in [-0.05, 0) is 61.7 Å². The SMILES string of the molecule is CCCCCCCN1CC[C@]2(c3cccc(OC)c3)C[C@H]1Cc1[nH]c3ccccc3c12. The van der Waals surface area contributed by atoms with Gasteiger partial charge in [-0.15, -0.1) is 0 Å². The quantitative estimate of drug-likeness (QED) is 0.427. The van der Waals surface area contributed by atoms with Gasteiger partial charge in [0, 0.05) is 34.5 Å². The molecule has 3 aromatic rings. The molecule has 2 bridgehead atoms. The Bertz CT molecular complexity index is 1040. The van der Waals surface area contributed by atoms with E-state index in [0.29, 0.717) is 6.04 Å². The van der Waals surface area contributed by atoms with E-state index in [1.54, 1.807) is 12.7 Å². The number of rotatable bonds is 8. The van der Waals surface area contributed by atoms with Crippen molar-refractivity contribution in [2.45, 2.75) is 69.7 Å². The van der Waals surface area contributed by atoms with Crippen LogP contribution in [0, 0.1) is 0 Å². The third kappa shape index (κ3) is 3.67. The van der Waals surface area contributed by atoms with Crippen molar-refractivity contribution in [1.29, 1.82) is 0 Å². The van der Waals surface area contributed by atoms with Crippen LogP contribution in [-0.2, 0) is 11.8 Å². The molecule has 1 saturated heterocycles. The number of aromatic nitrogens is 1. The summed E-state index contributed by atoms with van der Waals surface area (Å²) in [6, 6.07) is 18.4. The second-order valence-corrected chi connectivity index (χ2v) is 9.60. The number of hydrogen-bond acceptors (Lipinski definition) is 2. The lowest BCUT2D eigenvalue weighted by atomic mass is 9.61. The Kier molecular flexibility index (Phi) is 5.79. The molecule has 1 fully saturated rings. The molecule has 3 heteroatoms. The molecule has 0 amide bonds. The third-order valence-electron chi connectivity index (χ3n) is 7.80. The summed E-state index contributed by atoms with van der Waals surface area (Å²) >= 11 is 0. The van der Waals surface area contributed by atoms with Crippen LogP contribution in [0.1, 0.15) is 68.7 Å². The average Bonchev–Trinajstić information content (AvgIpc) is 3.19. The van der Waals surface area contributed by atoms with Gasteiger partial charge in [0.15, 0.2) is 0 Å². The third-order valence-corrected chi connectivity index (χ3v) is 7.80. The smallest absolute Gasteiger partial charge is 0.119 e. The topological polar surface area (TPSA) is 28.3 Å². The van der Waals surface area contributed by atoms with Crippen LogP contribution >= 0.6 is 0 Å². The Morgan fingerprint density at radius 2 is 1.94 bits per heavy atom. The lowest BCUT2D eigenvalue weighted by Gasteiger charge is -2.51. The maximum atomic E-state index is 5.63. The first-order valence-corrected chi connectivity index (χ1v) is 12.2. The summed E-state index contributed by atoms with van der Waals surface area (Å²) in [5, 5.41) is 1.41. The van der Waals surface area contributed by atoms with Crippen molar-refractivity contribution in [2.24, 2.45) is 0 Å². The van der Waals surface area contributed by atoms with E-state index in [1.807, 2.05) is 0 Å². The Hall–Kier alpha value is -2.26. The molecule has 2 heterocycles. The zero-order valence-electron chi connectivity index (χ0n) is 19.1. The summed E-state index contributed by atoms with van der Waals surface area (Å²) in [6.45, 7) is 4.73. The largest absolute Gasteiger partial charge is 0.497 e. The minimum atomic E-state index is 0.0745. The van der Waals surface area contributed by atoms with E-state index in [9.17, 15) is 0 Å². The van der Waals surface area contributed by atoms with Gasteiger partial charge in [0.25, 0.3) is 0 Å². The highest BCUT2D eigenvalue weighted by Crippen LogP contribution is 2.52. The summed E-state index contributed by atoms with van der Waals surface area (Å²) in [6.07, 6.45) is 10.3. The molecule has 2 atom stereocenters. The Balaban J connectivity index is 1.51. The van der Waals surface area contributed by atoms with Crippen LogP contribution in [0.4, 0.5) is 0 Å². The van der Waals surface area contributed by atoms with Gasteiger partial charge in [-0.1, -0.05) is 62.9 Å². The molecule has 1 aliphatic carbocycles. The number of nitrogens with zero attached hydrogens (tertiary/aromatic N) is 1. The van der Waals surface area contributed by atoms with Crippen LogP contribution in [0.2, 0.25) is 0 Å². The fourth-order valence-electron chi connectivity index (χ4n) is 6.25. The molecule has 5 rings (SSSR count). The van der Waals surface area contributed by atoms with Gasteiger partial charge in [0.05, 0.1) is 7.11 Å². The molecule has 164 valence electrons. The highest BCUT2D eigenvalue weighted by Gasteiger charge is 2.48. The van der Waals surface area contributed by atoms with Gasteiger partial charge in [-0.2, -0.15) is 0 Å². The van der Waals surface area contributed by atoms with E-state index in [0.717, 1.165) is 12.2 Å². The number of unbranched alkanes of at least 4 members (excludes halogenated alkanes) is 4. The Morgan fingerprint density at radius 3 is 2.81 bits per heavy atom. The zero-order valence-corrected chi connectivity index (χ0v) is 19.1. The van der Waals surface area contributed by atoms with E-state index in [4.69, 9.17) is 4.74 Å². The van der Waals surface area contributed by atoms with Gasteiger partial charge in [-0.3, -0.25) is 4.90 Å². The molecule has 2 aromatic carbocycles. The van der Waals surface area contributed by atoms with Crippen molar-refractivity contribution < 1.29 is 4.74 Å². The van der Waals surface area contributed by atoms with Crippen LogP contribution in [-0.4, -0.2) is 36.1 Å². The predicted molar refractivity (Wildman–Crippen MR) is 129 cm³/mol. The molecule has 31 heavy (non-hydrogen) atoms. The normalized spacial score (nSPS) is 23.1. The van der Waals surface area contributed by atoms with Gasteiger partial charge in [0.2, 0.25) is 0 Å². The summed E-state index contributed by atoms with van der Waals surface area (Å²) in [4.78, 5) is 6.60.